The molecule has 4 nitrogen and oxygen atoms in total. The number of rotatable bonds is 2. The van der Waals surface area contributed by atoms with E-state index in [0.29, 0.717) is 11.3 Å². The number of hydrogen-bond donors (Lipinski definition) is 1. The molecule has 0 radical (unpaired) electrons. The SMILES string of the molecule is COc1cc(OC(N)=O)c(F)cc1C. The minimum Gasteiger partial charge on any atom is -0.496 e. The molecule has 5 heteroatoms. The fourth-order valence-corrected chi connectivity index (χ4v) is 1.04. The van der Waals surface area contributed by atoms with Crippen LogP contribution in [0.3, 0.4) is 0 Å². The topological polar surface area (TPSA) is 61.6 Å². The molecule has 0 heterocycles. The van der Waals surface area contributed by atoms with Gasteiger partial charge in [0, 0.05) is 6.07 Å². The Morgan fingerprint density at radius 3 is 2.57 bits per heavy atom. The van der Waals surface area contributed by atoms with Crippen molar-refractivity contribution in [3.05, 3.63) is 23.5 Å². The minimum absolute atomic E-state index is 0.236. The van der Waals surface area contributed by atoms with Crippen molar-refractivity contribution in [1.29, 1.82) is 0 Å². The fourth-order valence-electron chi connectivity index (χ4n) is 1.04. The van der Waals surface area contributed by atoms with Gasteiger partial charge in [0.05, 0.1) is 7.11 Å². The van der Waals surface area contributed by atoms with Crippen molar-refractivity contribution in [3.63, 3.8) is 0 Å². The number of hydrogen-bond acceptors (Lipinski definition) is 3. The Morgan fingerprint density at radius 2 is 2.07 bits per heavy atom. The van der Waals surface area contributed by atoms with E-state index in [2.05, 4.69) is 4.74 Å². The average Bonchev–Trinajstić information content (AvgIpc) is 2.09. The fraction of sp³-hybridized carbons (Fsp3) is 0.222. The van der Waals surface area contributed by atoms with Gasteiger partial charge in [-0.2, -0.15) is 0 Å². The second kappa shape index (κ2) is 3.95. The predicted octanol–water partition coefficient (Wildman–Crippen LogP) is 1.60. The number of ether oxygens (including phenoxy) is 2. The maximum atomic E-state index is 13.1. The lowest BCUT2D eigenvalue weighted by molar-refractivity contribution is 0.208. The predicted molar refractivity (Wildman–Crippen MR) is 47.9 cm³/mol. The molecular weight excluding hydrogens is 189 g/mol. The number of benzene rings is 1. The van der Waals surface area contributed by atoms with Crippen molar-refractivity contribution >= 4 is 6.09 Å². The number of methoxy groups -OCH3 is 1. The third-order valence-electron chi connectivity index (χ3n) is 1.66. The van der Waals surface area contributed by atoms with E-state index in [1.807, 2.05) is 0 Å². The van der Waals surface area contributed by atoms with Gasteiger partial charge in [-0.25, -0.2) is 9.18 Å². The molecule has 1 aromatic carbocycles. The molecule has 0 saturated heterocycles. The highest BCUT2D eigenvalue weighted by molar-refractivity contribution is 5.68. The largest absolute Gasteiger partial charge is 0.496 e. The number of carbonyl (C=O) groups excluding carboxylic acids is 1. The van der Waals surface area contributed by atoms with Gasteiger partial charge in [0.2, 0.25) is 0 Å². The van der Waals surface area contributed by atoms with Gasteiger partial charge in [0.25, 0.3) is 0 Å². The van der Waals surface area contributed by atoms with E-state index < -0.39 is 11.9 Å². The molecule has 0 aliphatic heterocycles. The van der Waals surface area contributed by atoms with E-state index in [0.717, 1.165) is 0 Å². The number of carbonyl (C=O) groups is 1. The molecular formula is C9H10FNO3. The summed E-state index contributed by atoms with van der Waals surface area (Å²) in [5.74, 6) is -0.454. The first-order valence-corrected chi connectivity index (χ1v) is 3.86. The molecule has 0 aliphatic carbocycles. The summed E-state index contributed by atoms with van der Waals surface area (Å²) in [5, 5.41) is 0. The molecule has 0 aliphatic rings. The third kappa shape index (κ3) is 2.12. The molecule has 1 amide bonds. The Bertz CT molecular complexity index is 365. The Balaban J connectivity index is 3.10. The summed E-state index contributed by atoms with van der Waals surface area (Å²) in [4.78, 5) is 10.4. The molecule has 1 aromatic rings. The monoisotopic (exact) mass is 199 g/mol. The summed E-state index contributed by atoms with van der Waals surface area (Å²) >= 11 is 0. The maximum Gasteiger partial charge on any atom is 0.410 e. The molecule has 0 saturated carbocycles. The Morgan fingerprint density at radius 1 is 1.43 bits per heavy atom. The molecule has 0 bridgehead atoms. The number of halogens is 1. The standard InChI is InChI=1S/C9H10FNO3/c1-5-3-6(10)8(14-9(11)12)4-7(5)13-2/h3-4H,1-2H3,(H2,11,12). The van der Waals surface area contributed by atoms with E-state index in [4.69, 9.17) is 10.5 Å². The number of primary amides is 1. The van der Waals surface area contributed by atoms with Crippen molar-refractivity contribution in [2.75, 3.05) is 7.11 Å². The van der Waals surface area contributed by atoms with Crippen molar-refractivity contribution in [3.8, 4) is 11.5 Å². The molecule has 0 spiro atoms. The molecule has 14 heavy (non-hydrogen) atoms. The molecule has 0 aromatic heterocycles. The van der Waals surface area contributed by atoms with Crippen molar-refractivity contribution < 1.29 is 18.7 Å². The van der Waals surface area contributed by atoms with Crippen LogP contribution in [0.1, 0.15) is 5.56 Å². The highest BCUT2D eigenvalue weighted by atomic mass is 19.1. The van der Waals surface area contributed by atoms with Crippen LogP contribution >= 0.6 is 0 Å². The number of amides is 1. The third-order valence-corrected chi connectivity index (χ3v) is 1.66. The van der Waals surface area contributed by atoms with Crippen LogP contribution in [0.5, 0.6) is 11.5 Å². The Labute approximate surface area is 80.4 Å². The van der Waals surface area contributed by atoms with E-state index in [-0.39, 0.29) is 5.75 Å². The Kier molecular flexibility index (Phi) is 2.91. The van der Waals surface area contributed by atoms with Crippen LogP contribution in [0.15, 0.2) is 12.1 Å². The first-order chi connectivity index (χ1) is 6.54. The molecule has 1 rings (SSSR count). The van der Waals surface area contributed by atoms with E-state index in [1.165, 1.54) is 19.2 Å². The smallest absolute Gasteiger partial charge is 0.410 e. The van der Waals surface area contributed by atoms with Gasteiger partial charge in [0.15, 0.2) is 11.6 Å². The second-order valence-corrected chi connectivity index (χ2v) is 2.67. The first-order valence-electron chi connectivity index (χ1n) is 3.86. The van der Waals surface area contributed by atoms with Crippen LogP contribution in [-0.2, 0) is 0 Å². The normalized spacial score (nSPS) is 9.64. The van der Waals surface area contributed by atoms with Crippen LogP contribution in [0.2, 0.25) is 0 Å². The second-order valence-electron chi connectivity index (χ2n) is 2.67. The molecule has 0 fully saturated rings. The van der Waals surface area contributed by atoms with Crippen LogP contribution in [0.25, 0.3) is 0 Å². The number of nitrogens with two attached hydrogens (primary N) is 1. The summed E-state index contributed by atoms with van der Waals surface area (Å²) < 4.78 is 22.5. The Hall–Kier alpha value is -1.78. The van der Waals surface area contributed by atoms with Gasteiger partial charge < -0.3 is 15.2 Å². The van der Waals surface area contributed by atoms with Crippen molar-refractivity contribution in [1.82, 2.24) is 0 Å². The van der Waals surface area contributed by atoms with E-state index in [1.54, 1.807) is 6.92 Å². The van der Waals surface area contributed by atoms with E-state index >= 15 is 0 Å². The molecule has 0 atom stereocenters. The van der Waals surface area contributed by atoms with Gasteiger partial charge in [-0.15, -0.1) is 0 Å². The molecule has 0 unspecified atom stereocenters. The van der Waals surface area contributed by atoms with Crippen molar-refractivity contribution in [2.24, 2.45) is 5.73 Å². The summed E-state index contributed by atoms with van der Waals surface area (Å²) in [7, 11) is 1.44. The van der Waals surface area contributed by atoms with Gasteiger partial charge in [0.1, 0.15) is 5.75 Å². The summed E-state index contributed by atoms with van der Waals surface area (Å²) in [6.45, 7) is 1.68. The molecule has 2 N–H and O–H groups in total. The quantitative estimate of drug-likeness (QED) is 0.786. The highest BCUT2D eigenvalue weighted by Gasteiger charge is 2.10. The van der Waals surface area contributed by atoms with Crippen LogP contribution in [0, 0.1) is 12.7 Å². The zero-order valence-electron chi connectivity index (χ0n) is 7.83. The minimum atomic E-state index is -1.06. The van der Waals surface area contributed by atoms with Gasteiger partial charge in [-0.05, 0) is 18.6 Å². The van der Waals surface area contributed by atoms with Gasteiger partial charge >= 0.3 is 6.09 Å². The summed E-state index contributed by atoms with van der Waals surface area (Å²) in [6.07, 6.45) is -1.06. The first kappa shape index (κ1) is 10.3. The average molecular weight is 199 g/mol. The van der Waals surface area contributed by atoms with Gasteiger partial charge in [-0.3, -0.25) is 0 Å². The van der Waals surface area contributed by atoms with Crippen LogP contribution < -0.4 is 15.2 Å². The summed E-state index contributed by atoms with van der Waals surface area (Å²) in [5.41, 5.74) is 5.37. The van der Waals surface area contributed by atoms with E-state index in [9.17, 15) is 9.18 Å². The zero-order chi connectivity index (χ0) is 10.7. The lowest BCUT2D eigenvalue weighted by Crippen LogP contribution is -2.17. The lowest BCUT2D eigenvalue weighted by Gasteiger charge is -2.08. The highest BCUT2D eigenvalue weighted by Crippen LogP contribution is 2.27. The lowest BCUT2D eigenvalue weighted by atomic mass is 10.2. The van der Waals surface area contributed by atoms with Crippen LogP contribution in [0.4, 0.5) is 9.18 Å². The zero-order valence-corrected chi connectivity index (χ0v) is 7.83. The molecule has 76 valence electrons. The maximum absolute atomic E-state index is 13.1. The number of aryl methyl sites for hydroxylation is 1. The summed E-state index contributed by atoms with van der Waals surface area (Å²) in [6, 6.07) is 2.48. The van der Waals surface area contributed by atoms with Crippen LogP contribution in [-0.4, -0.2) is 13.2 Å². The van der Waals surface area contributed by atoms with Crippen molar-refractivity contribution in [2.45, 2.75) is 6.92 Å². The van der Waals surface area contributed by atoms with Gasteiger partial charge in [-0.1, -0.05) is 0 Å².